The molecule has 2 aromatic rings. The van der Waals surface area contributed by atoms with Crippen LogP contribution in [0.1, 0.15) is 29.0 Å². The molecule has 1 heterocycles. The molecule has 0 atom stereocenters. The highest BCUT2D eigenvalue weighted by Gasteiger charge is 2.11. The number of hydrogen-bond acceptors (Lipinski definition) is 5. The van der Waals surface area contributed by atoms with E-state index in [4.69, 9.17) is 14.0 Å². The van der Waals surface area contributed by atoms with Crippen molar-refractivity contribution in [3.8, 4) is 11.5 Å². The van der Waals surface area contributed by atoms with Gasteiger partial charge in [-0.15, -0.1) is 0 Å². The van der Waals surface area contributed by atoms with Crippen LogP contribution >= 0.6 is 0 Å². The summed E-state index contributed by atoms with van der Waals surface area (Å²) in [6.07, 6.45) is 1.80. The van der Waals surface area contributed by atoms with Crippen molar-refractivity contribution in [1.29, 1.82) is 0 Å². The van der Waals surface area contributed by atoms with Gasteiger partial charge < -0.3 is 19.3 Å². The predicted molar refractivity (Wildman–Crippen MR) is 90.6 cm³/mol. The third kappa shape index (κ3) is 4.50. The third-order valence-electron chi connectivity index (χ3n) is 3.97. The van der Waals surface area contributed by atoms with Gasteiger partial charge in [0.05, 0.1) is 19.9 Å². The van der Waals surface area contributed by atoms with Crippen LogP contribution in [0.3, 0.4) is 0 Å². The zero-order valence-electron chi connectivity index (χ0n) is 14.6. The van der Waals surface area contributed by atoms with E-state index in [1.165, 1.54) is 0 Å². The summed E-state index contributed by atoms with van der Waals surface area (Å²) >= 11 is 0. The lowest BCUT2D eigenvalue weighted by Gasteiger charge is -2.10. The first kappa shape index (κ1) is 17.8. The molecule has 0 fully saturated rings. The molecular formula is C18H24N2O4. The summed E-state index contributed by atoms with van der Waals surface area (Å²) in [5.74, 6) is 2.20. The Morgan fingerprint density at radius 3 is 2.54 bits per heavy atom. The van der Waals surface area contributed by atoms with Crippen molar-refractivity contribution >= 4 is 5.91 Å². The summed E-state index contributed by atoms with van der Waals surface area (Å²) < 4.78 is 15.6. The molecule has 130 valence electrons. The molecule has 0 spiro atoms. The van der Waals surface area contributed by atoms with Gasteiger partial charge in [0.1, 0.15) is 5.76 Å². The van der Waals surface area contributed by atoms with Crippen LogP contribution in [0.2, 0.25) is 0 Å². The average molecular weight is 332 g/mol. The number of aryl methyl sites for hydroxylation is 2. The summed E-state index contributed by atoms with van der Waals surface area (Å²) in [6, 6.07) is 5.76. The third-order valence-corrected chi connectivity index (χ3v) is 3.97. The number of hydrogen-bond donors (Lipinski definition) is 1. The maximum absolute atomic E-state index is 12.0. The van der Waals surface area contributed by atoms with Gasteiger partial charge in [0.15, 0.2) is 11.5 Å². The van der Waals surface area contributed by atoms with Gasteiger partial charge in [-0.3, -0.25) is 4.79 Å². The summed E-state index contributed by atoms with van der Waals surface area (Å²) in [4.78, 5) is 12.0. The minimum Gasteiger partial charge on any atom is -0.493 e. The minimum absolute atomic E-state index is 0.0236. The lowest BCUT2D eigenvalue weighted by molar-refractivity contribution is -0.121. The van der Waals surface area contributed by atoms with Crippen molar-refractivity contribution in [2.75, 3.05) is 20.8 Å². The molecule has 0 saturated carbocycles. The monoisotopic (exact) mass is 332 g/mol. The minimum atomic E-state index is 0.0236. The fourth-order valence-electron chi connectivity index (χ4n) is 2.57. The van der Waals surface area contributed by atoms with Crippen LogP contribution < -0.4 is 14.8 Å². The molecule has 0 aliphatic rings. The van der Waals surface area contributed by atoms with E-state index in [1.807, 2.05) is 32.0 Å². The number of carbonyl (C=O) groups is 1. The number of nitrogens with zero attached hydrogens (tertiary/aromatic N) is 1. The molecule has 0 aliphatic carbocycles. The van der Waals surface area contributed by atoms with E-state index in [1.54, 1.807) is 14.2 Å². The van der Waals surface area contributed by atoms with Crippen molar-refractivity contribution in [2.45, 2.75) is 33.1 Å². The molecule has 1 aromatic carbocycles. The smallest absolute Gasteiger partial charge is 0.220 e. The lowest BCUT2D eigenvalue weighted by Crippen LogP contribution is -2.26. The molecule has 1 N–H and O–H groups in total. The second-order valence-electron chi connectivity index (χ2n) is 5.59. The highest BCUT2D eigenvalue weighted by molar-refractivity contribution is 5.76. The maximum Gasteiger partial charge on any atom is 0.220 e. The van der Waals surface area contributed by atoms with Crippen LogP contribution in [0.25, 0.3) is 0 Å². The van der Waals surface area contributed by atoms with Crippen LogP contribution in [-0.2, 0) is 17.6 Å². The van der Waals surface area contributed by atoms with E-state index in [-0.39, 0.29) is 5.91 Å². The van der Waals surface area contributed by atoms with Crippen LogP contribution in [-0.4, -0.2) is 31.8 Å². The molecule has 6 heteroatoms. The fraction of sp³-hybridized carbons (Fsp3) is 0.444. The Bertz CT molecular complexity index is 675. The van der Waals surface area contributed by atoms with Crippen molar-refractivity contribution in [2.24, 2.45) is 0 Å². The Morgan fingerprint density at radius 2 is 1.92 bits per heavy atom. The zero-order chi connectivity index (χ0) is 17.5. The Kier molecular flexibility index (Phi) is 6.23. The van der Waals surface area contributed by atoms with E-state index in [2.05, 4.69) is 10.5 Å². The Balaban J connectivity index is 1.78. The number of rotatable bonds is 8. The summed E-state index contributed by atoms with van der Waals surface area (Å²) in [5, 5.41) is 6.83. The second-order valence-corrected chi connectivity index (χ2v) is 5.59. The number of benzene rings is 1. The first-order valence-corrected chi connectivity index (χ1v) is 7.94. The van der Waals surface area contributed by atoms with Gasteiger partial charge in [-0.1, -0.05) is 11.2 Å². The van der Waals surface area contributed by atoms with Crippen LogP contribution in [0.5, 0.6) is 11.5 Å². The Morgan fingerprint density at radius 1 is 1.17 bits per heavy atom. The number of amides is 1. The highest BCUT2D eigenvalue weighted by Crippen LogP contribution is 2.27. The quantitative estimate of drug-likeness (QED) is 0.804. The van der Waals surface area contributed by atoms with E-state index in [9.17, 15) is 4.79 Å². The van der Waals surface area contributed by atoms with E-state index >= 15 is 0 Å². The number of carbonyl (C=O) groups excluding carboxylic acids is 1. The highest BCUT2D eigenvalue weighted by atomic mass is 16.5. The molecule has 24 heavy (non-hydrogen) atoms. The van der Waals surface area contributed by atoms with Gasteiger partial charge in [-0.2, -0.15) is 0 Å². The topological polar surface area (TPSA) is 73.6 Å². The predicted octanol–water partition coefficient (Wildman–Crippen LogP) is 2.60. The van der Waals surface area contributed by atoms with Gasteiger partial charge in [0, 0.05) is 18.5 Å². The normalized spacial score (nSPS) is 10.5. The molecule has 0 saturated heterocycles. The van der Waals surface area contributed by atoms with Crippen LogP contribution in [0, 0.1) is 13.8 Å². The van der Waals surface area contributed by atoms with Crippen LogP contribution in [0.4, 0.5) is 0 Å². The number of methoxy groups -OCH3 is 2. The van der Waals surface area contributed by atoms with Crippen molar-refractivity contribution < 1.29 is 18.8 Å². The van der Waals surface area contributed by atoms with E-state index in [0.717, 1.165) is 29.0 Å². The van der Waals surface area contributed by atoms with E-state index in [0.29, 0.717) is 30.9 Å². The van der Waals surface area contributed by atoms with Crippen molar-refractivity contribution in [3.05, 3.63) is 40.8 Å². The molecule has 6 nitrogen and oxygen atoms in total. The van der Waals surface area contributed by atoms with Crippen molar-refractivity contribution in [1.82, 2.24) is 10.5 Å². The zero-order valence-corrected chi connectivity index (χ0v) is 14.6. The Hall–Kier alpha value is -2.50. The SMILES string of the molecule is COc1ccc(CCNC(=O)CCc2c(C)noc2C)cc1OC. The Labute approximate surface area is 142 Å². The summed E-state index contributed by atoms with van der Waals surface area (Å²) in [6.45, 7) is 4.33. The largest absolute Gasteiger partial charge is 0.493 e. The maximum atomic E-state index is 12.0. The molecule has 2 rings (SSSR count). The van der Waals surface area contributed by atoms with Gasteiger partial charge in [0.25, 0.3) is 0 Å². The molecule has 0 aliphatic heterocycles. The summed E-state index contributed by atoms with van der Waals surface area (Å²) in [5.41, 5.74) is 2.95. The molecule has 0 bridgehead atoms. The van der Waals surface area contributed by atoms with E-state index < -0.39 is 0 Å². The van der Waals surface area contributed by atoms with Crippen molar-refractivity contribution in [3.63, 3.8) is 0 Å². The van der Waals surface area contributed by atoms with Gasteiger partial charge >= 0.3 is 0 Å². The molecular weight excluding hydrogens is 308 g/mol. The lowest BCUT2D eigenvalue weighted by atomic mass is 10.1. The standard InChI is InChI=1S/C18H24N2O4/c1-12-15(13(2)24-20-12)6-8-18(21)19-10-9-14-5-7-16(22-3)17(11-14)23-4/h5,7,11H,6,8-10H2,1-4H3,(H,19,21). The van der Waals surface area contributed by atoms with Gasteiger partial charge in [-0.25, -0.2) is 0 Å². The number of aromatic nitrogens is 1. The average Bonchev–Trinajstić information content (AvgIpc) is 2.91. The van der Waals surface area contributed by atoms with Gasteiger partial charge in [-0.05, 0) is 44.4 Å². The first-order chi connectivity index (χ1) is 11.5. The summed E-state index contributed by atoms with van der Waals surface area (Å²) in [7, 11) is 3.22. The number of nitrogens with one attached hydrogen (secondary N) is 1. The number of ether oxygens (including phenoxy) is 2. The fourth-order valence-corrected chi connectivity index (χ4v) is 2.57. The molecule has 0 unspecified atom stereocenters. The molecule has 1 amide bonds. The second kappa shape index (κ2) is 8.38. The first-order valence-electron chi connectivity index (χ1n) is 7.94. The molecule has 1 aromatic heterocycles. The molecule has 0 radical (unpaired) electrons. The van der Waals surface area contributed by atoms with Gasteiger partial charge in [0.2, 0.25) is 5.91 Å². The van der Waals surface area contributed by atoms with Crippen LogP contribution in [0.15, 0.2) is 22.7 Å².